The Balaban J connectivity index is 2.33. The van der Waals surface area contributed by atoms with Gasteiger partial charge in [-0.3, -0.25) is 4.79 Å². The van der Waals surface area contributed by atoms with E-state index in [4.69, 9.17) is 11.6 Å². The van der Waals surface area contributed by atoms with Gasteiger partial charge in [-0.05, 0) is 53.9 Å². The maximum Gasteiger partial charge on any atom is 0.243 e. The number of hydrogen-bond acceptors (Lipinski definition) is 3. The highest BCUT2D eigenvalue weighted by atomic mass is 79.9. The minimum absolute atomic E-state index is 0.00869. The van der Waals surface area contributed by atoms with Crippen LogP contribution in [0.25, 0.3) is 0 Å². The van der Waals surface area contributed by atoms with Gasteiger partial charge >= 0.3 is 0 Å². The molecule has 0 amide bonds. The molecule has 1 aromatic carbocycles. The SMILES string of the molecule is CC(=O)CC1CCCN1S(=O)(=O)c1ccc(Cl)c(Br)c1. The van der Waals surface area contributed by atoms with Gasteiger partial charge in [0.25, 0.3) is 0 Å². The van der Waals surface area contributed by atoms with Gasteiger partial charge < -0.3 is 0 Å². The van der Waals surface area contributed by atoms with Crippen LogP contribution in [0.3, 0.4) is 0 Å². The molecule has 1 atom stereocenters. The number of benzene rings is 1. The maximum atomic E-state index is 12.6. The number of carbonyl (C=O) groups is 1. The van der Waals surface area contributed by atoms with Crippen LogP contribution < -0.4 is 0 Å². The van der Waals surface area contributed by atoms with Gasteiger partial charge in [0, 0.05) is 23.5 Å². The summed E-state index contributed by atoms with van der Waals surface area (Å²) in [5.41, 5.74) is 0. The van der Waals surface area contributed by atoms with E-state index in [-0.39, 0.29) is 23.1 Å². The third-order valence-corrected chi connectivity index (χ3v) is 6.51. The van der Waals surface area contributed by atoms with Gasteiger partial charge in [0.1, 0.15) is 5.78 Å². The Morgan fingerprint density at radius 1 is 1.50 bits per heavy atom. The zero-order chi connectivity index (χ0) is 14.9. The number of carbonyl (C=O) groups excluding carboxylic acids is 1. The van der Waals surface area contributed by atoms with Crippen molar-refractivity contribution in [1.29, 1.82) is 0 Å². The Bertz CT molecular complexity index is 633. The van der Waals surface area contributed by atoms with Crippen LogP contribution in [0.2, 0.25) is 5.02 Å². The van der Waals surface area contributed by atoms with E-state index >= 15 is 0 Å². The molecule has 1 aliphatic heterocycles. The second-order valence-electron chi connectivity index (χ2n) is 4.89. The van der Waals surface area contributed by atoms with Crippen molar-refractivity contribution in [3.63, 3.8) is 0 Å². The minimum Gasteiger partial charge on any atom is -0.300 e. The first-order valence-corrected chi connectivity index (χ1v) is 8.90. The normalized spacial score (nSPS) is 20.2. The first-order valence-electron chi connectivity index (χ1n) is 6.28. The number of Topliss-reactive ketones (excluding diaryl/α,β-unsaturated/α-hetero) is 1. The molecule has 110 valence electrons. The van der Waals surface area contributed by atoms with Gasteiger partial charge in [-0.1, -0.05) is 11.6 Å². The Hall–Kier alpha value is -0.430. The fraction of sp³-hybridized carbons (Fsp3) is 0.462. The van der Waals surface area contributed by atoms with Gasteiger partial charge in [0.05, 0.1) is 9.92 Å². The first-order chi connectivity index (χ1) is 9.32. The molecule has 1 aromatic rings. The van der Waals surface area contributed by atoms with Crippen molar-refractivity contribution < 1.29 is 13.2 Å². The number of sulfonamides is 1. The Kier molecular flexibility index (Phi) is 4.89. The second kappa shape index (κ2) is 6.13. The van der Waals surface area contributed by atoms with E-state index in [0.29, 0.717) is 16.0 Å². The monoisotopic (exact) mass is 379 g/mol. The molecule has 7 heteroatoms. The zero-order valence-electron chi connectivity index (χ0n) is 11.0. The molecule has 0 aromatic heterocycles. The molecular weight excluding hydrogens is 366 g/mol. The van der Waals surface area contributed by atoms with Crippen LogP contribution in [0.1, 0.15) is 26.2 Å². The molecule has 0 spiro atoms. The molecule has 0 saturated carbocycles. The fourth-order valence-corrected chi connectivity index (χ4v) is 4.80. The molecule has 20 heavy (non-hydrogen) atoms. The van der Waals surface area contributed by atoms with Crippen LogP contribution in [0.5, 0.6) is 0 Å². The Morgan fingerprint density at radius 3 is 2.80 bits per heavy atom. The quantitative estimate of drug-likeness (QED) is 0.806. The van der Waals surface area contributed by atoms with E-state index < -0.39 is 10.0 Å². The van der Waals surface area contributed by atoms with Crippen LogP contribution in [0, 0.1) is 0 Å². The summed E-state index contributed by atoms with van der Waals surface area (Å²) in [4.78, 5) is 11.5. The summed E-state index contributed by atoms with van der Waals surface area (Å²) in [6, 6.07) is 4.31. The van der Waals surface area contributed by atoms with Crippen LogP contribution in [-0.4, -0.2) is 31.1 Å². The van der Waals surface area contributed by atoms with Gasteiger partial charge in [0.15, 0.2) is 0 Å². The van der Waals surface area contributed by atoms with E-state index in [1.165, 1.54) is 23.4 Å². The van der Waals surface area contributed by atoms with E-state index in [0.717, 1.165) is 12.8 Å². The van der Waals surface area contributed by atoms with Gasteiger partial charge in [-0.15, -0.1) is 0 Å². The molecule has 0 aliphatic carbocycles. The van der Waals surface area contributed by atoms with Crippen molar-refractivity contribution in [2.75, 3.05) is 6.54 Å². The fourth-order valence-electron chi connectivity index (χ4n) is 2.43. The number of nitrogens with zero attached hydrogens (tertiary/aromatic N) is 1. The van der Waals surface area contributed by atoms with Gasteiger partial charge in [0.2, 0.25) is 10.0 Å². The molecule has 2 rings (SSSR count). The Morgan fingerprint density at radius 2 is 2.20 bits per heavy atom. The highest BCUT2D eigenvalue weighted by Crippen LogP contribution is 2.31. The molecule has 1 saturated heterocycles. The standard InChI is InChI=1S/C13H15BrClNO3S/c1-9(17)7-10-3-2-6-16(10)20(18,19)11-4-5-13(15)12(14)8-11/h4-5,8,10H,2-3,6-7H2,1H3. The van der Waals surface area contributed by atoms with E-state index in [2.05, 4.69) is 15.9 Å². The molecule has 0 radical (unpaired) electrons. The van der Waals surface area contributed by atoms with Crippen molar-refractivity contribution in [1.82, 2.24) is 4.31 Å². The van der Waals surface area contributed by atoms with Crippen LogP contribution >= 0.6 is 27.5 Å². The summed E-state index contributed by atoms with van der Waals surface area (Å²) in [7, 11) is -3.58. The predicted octanol–water partition coefficient (Wildman–Crippen LogP) is 3.23. The van der Waals surface area contributed by atoms with E-state index in [1.54, 1.807) is 6.07 Å². The summed E-state index contributed by atoms with van der Waals surface area (Å²) in [5, 5.41) is 0.464. The lowest BCUT2D eigenvalue weighted by Gasteiger charge is -2.23. The second-order valence-corrected chi connectivity index (χ2v) is 8.05. The summed E-state index contributed by atoms with van der Waals surface area (Å²) in [6.45, 7) is 1.95. The van der Waals surface area contributed by atoms with Crippen molar-refractivity contribution in [2.24, 2.45) is 0 Å². The lowest BCUT2D eigenvalue weighted by Crippen LogP contribution is -2.36. The summed E-state index contributed by atoms with van der Waals surface area (Å²) >= 11 is 9.12. The molecule has 1 aliphatic rings. The molecular formula is C13H15BrClNO3S. The van der Waals surface area contributed by atoms with Crippen LogP contribution in [-0.2, 0) is 14.8 Å². The summed E-state index contributed by atoms with van der Waals surface area (Å²) in [6.07, 6.45) is 1.79. The maximum absolute atomic E-state index is 12.6. The van der Waals surface area contributed by atoms with Crippen molar-refractivity contribution in [2.45, 2.75) is 37.1 Å². The molecule has 0 N–H and O–H groups in total. The highest BCUT2D eigenvalue weighted by Gasteiger charge is 2.35. The average Bonchev–Trinajstić information content (AvgIpc) is 2.80. The zero-order valence-corrected chi connectivity index (χ0v) is 14.1. The van der Waals surface area contributed by atoms with Crippen LogP contribution in [0.15, 0.2) is 27.6 Å². The molecule has 0 bridgehead atoms. The van der Waals surface area contributed by atoms with Gasteiger partial charge in [-0.25, -0.2) is 8.42 Å². The summed E-state index contributed by atoms with van der Waals surface area (Å²) < 4.78 is 27.3. The van der Waals surface area contributed by atoms with Gasteiger partial charge in [-0.2, -0.15) is 4.31 Å². The lowest BCUT2D eigenvalue weighted by atomic mass is 10.1. The molecule has 1 unspecified atom stereocenters. The number of halogens is 2. The lowest BCUT2D eigenvalue weighted by molar-refractivity contribution is -0.117. The Labute approximate surface area is 132 Å². The first kappa shape index (κ1) is 15.9. The molecule has 1 fully saturated rings. The number of hydrogen-bond donors (Lipinski definition) is 0. The molecule has 1 heterocycles. The van der Waals surface area contributed by atoms with E-state index in [9.17, 15) is 13.2 Å². The number of rotatable bonds is 4. The largest absolute Gasteiger partial charge is 0.300 e. The predicted molar refractivity (Wildman–Crippen MR) is 81.4 cm³/mol. The minimum atomic E-state index is -3.58. The highest BCUT2D eigenvalue weighted by molar-refractivity contribution is 9.10. The van der Waals surface area contributed by atoms with Crippen molar-refractivity contribution in [3.05, 3.63) is 27.7 Å². The number of ketones is 1. The van der Waals surface area contributed by atoms with Crippen molar-refractivity contribution in [3.8, 4) is 0 Å². The molecule has 4 nitrogen and oxygen atoms in total. The smallest absolute Gasteiger partial charge is 0.243 e. The topological polar surface area (TPSA) is 54.5 Å². The third-order valence-electron chi connectivity index (χ3n) is 3.34. The van der Waals surface area contributed by atoms with E-state index in [1.807, 2.05) is 0 Å². The average molecular weight is 381 g/mol. The van der Waals surface area contributed by atoms with Crippen LogP contribution in [0.4, 0.5) is 0 Å². The van der Waals surface area contributed by atoms with Crippen molar-refractivity contribution >= 4 is 43.3 Å². The summed E-state index contributed by atoms with van der Waals surface area (Å²) in [5.74, 6) is 0.00869. The third kappa shape index (κ3) is 3.24.